The molecule has 2 aromatic rings. The van der Waals surface area contributed by atoms with Gasteiger partial charge in [-0.2, -0.15) is 5.10 Å². The molecule has 126 valence electrons. The maximum absolute atomic E-state index is 12.6. The molecule has 0 radical (unpaired) electrons. The van der Waals surface area contributed by atoms with E-state index >= 15 is 0 Å². The lowest BCUT2D eigenvalue weighted by Crippen LogP contribution is -2.49. The standard InChI is InChI=1S/C18H21N3O3/c1-24-18(23)16-9-5-6-10-20(16)17(22)11-14-12-19-21(13-14)15-7-3-2-4-8-15/h2-4,7-8,12-13,16H,5-6,9-11H2,1H3. The summed E-state index contributed by atoms with van der Waals surface area (Å²) in [6.45, 7) is 0.603. The third-order valence-corrected chi connectivity index (χ3v) is 4.31. The molecule has 0 N–H and O–H groups in total. The van der Waals surface area contributed by atoms with Crippen molar-refractivity contribution in [3.8, 4) is 5.69 Å². The van der Waals surface area contributed by atoms with Crippen LogP contribution in [0.15, 0.2) is 42.7 Å². The molecule has 1 amide bonds. The molecule has 6 heteroatoms. The van der Waals surface area contributed by atoms with Gasteiger partial charge in [0.1, 0.15) is 6.04 Å². The molecule has 0 bridgehead atoms. The Morgan fingerprint density at radius 2 is 2.04 bits per heavy atom. The molecule has 1 atom stereocenters. The molecule has 3 rings (SSSR count). The van der Waals surface area contributed by atoms with Crippen LogP contribution in [-0.2, 0) is 20.7 Å². The summed E-state index contributed by atoms with van der Waals surface area (Å²) in [7, 11) is 1.36. The second-order valence-electron chi connectivity index (χ2n) is 5.93. The Bertz CT molecular complexity index is 711. The molecule has 6 nitrogen and oxygen atoms in total. The number of nitrogens with zero attached hydrogens (tertiary/aromatic N) is 3. The maximum Gasteiger partial charge on any atom is 0.328 e. The van der Waals surface area contributed by atoms with Crippen molar-refractivity contribution >= 4 is 11.9 Å². The van der Waals surface area contributed by atoms with Gasteiger partial charge in [0.25, 0.3) is 0 Å². The SMILES string of the molecule is COC(=O)C1CCCCN1C(=O)Cc1cnn(-c2ccccc2)c1. The van der Waals surface area contributed by atoms with E-state index in [1.807, 2.05) is 36.5 Å². The van der Waals surface area contributed by atoms with Crippen LogP contribution in [0.3, 0.4) is 0 Å². The predicted octanol–water partition coefficient (Wildman–Crippen LogP) is 1.97. The second-order valence-corrected chi connectivity index (χ2v) is 5.93. The number of carbonyl (C=O) groups excluding carboxylic acids is 2. The molecular weight excluding hydrogens is 306 g/mol. The summed E-state index contributed by atoms with van der Waals surface area (Å²) in [5.74, 6) is -0.388. The van der Waals surface area contributed by atoms with E-state index in [1.54, 1.807) is 15.8 Å². The van der Waals surface area contributed by atoms with E-state index in [0.717, 1.165) is 24.1 Å². The van der Waals surface area contributed by atoms with Crippen molar-refractivity contribution in [2.24, 2.45) is 0 Å². The fourth-order valence-corrected chi connectivity index (χ4v) is 3.06. The number of ether oxygens (including phenoxy) is 1. The van der Waals surface area contributed by atoms with E-state index in [4.69, 9.17) is 4.74 Å². The third-order valence-electron chi connectivity index (χ3n) is 4.31. The number of esters is 1. The summed E-state index contributed by atoms with van der Waals surface area (Å²) in [4.78, 5) is 26.2. The molecule has 1 aliphatic heterocycles. The van der Waals surface area contributed by atoms with Crippen LogP contribution in [0.25, 0.3) is 5.69 Å². The lowest BCUT2D eigenvalue weighted by Gasteiger charge is -2.33. The van der Waals surface area contributed by atoms with Crippen molar-refractivity contribution in [2.75, 3.05) is 13.7 Å². The summed E-state index contributed by atoms with van der Waals surface area (Å²) in [5.41, 5.74) is 1.78. The smallest absolute Gasteiger partial charge is 0.328 e. The van der Waals surface area contributed by atoms with E-state index in [-0.39, 0.29) is 18.3 Å². The number of aromatic nitrogens is 2. The molecule has 1 saturated heterocycles. The predicted molar refractivity (Wildman–Crippen MR) is 88.6 cm³/mol. The van der Waals surface area contributed by atoms with E-state index in [9.17, 15) is 9.59 Å². The zero-order chi connectivity index (χ0) is 16.9. The maximum atomic E-state index is 12.6. The van der Waals surface area contributed by atoms with Gasteiger partial charge < -0.3 is 9.64 Å². The topological polar surface area (TPSA) is 64.4 Å². The lowest BCUT2D eigenvalue weighted by atomic mass is 10.0. The number of carbonyl (C=O) groups is 2. The molecule has 0 spiro atoms. The van der Waals surface area contributed by atoms with Gasteiger partial charge in [0.05, 0.1) is 25.4 Å². The van der Waals surface area contributed by atoms with E-state index in [0.29, 0.717) is 13.0 Å². The Morgan fingerprint density at radius 1 is 1.25 bits per heavy atom. The Labute approximate surface area is 141 Å². The van der Waals surface area contributed by atoms with Crippen molar-refractivity contribution in [1.29, 1.82) is 0 Å². The summed E-state index contributed by atoms with van der Waals surface area (Å²) < 4.78 is 6.58. The van der Waals surface area contributed by atoms with E-state index in [1.165, 1.54) is 7.11 Å². The molecule has 1 aliphatic rings. The van der Waals surface area contributed by atoms with Gasteiger partial charge in [-0.3, -0.25) is 4.79 Å². The quantitative estimate of drug-likeness (QED) is 0.806. The molecule has 1 aromatic heterocycles. The molecule has 1 unspecified atom stereocenters. The Balaban J connectivity index is 1.70. The Morgan fingerprint density at radius 3 is 2.79 bits per heavy atom. The minimum atomic E-state index is -0.458. The van der Waals surface area contributed by atoms with Crippen LogP contribution in [0.1, 0.15) is 24.8 Å². The largest absolute Gasteiger partial charge is 0.467 e. The van der Waals surface area contributed by atoms with Crippen molar-refractivity contribution < 1.29 is 14.3 Å². The zero-order valence-corrected chi connectivity index (χ0v) is 13.7. The number of methoxy groups -OCH3 is 1. The average molecular weight is 327 g/mol. The first-order valence-electron chi connectivity index (χ1n) is 8.15. The summed E-state index contributed by atoms with van der Waals surface area (Å²) in [6, 6.07) is 9.28. The van der Waals surface area contributed by atoms with Gasteiger partial charge in [0.15, 0.2) is 0 Å². The van der Waals surface area contributed by atoms with Crippen LogP contribution in [0.5, 0.6) is 0 Å². The van der Waals surface area contributed by atoms with Gasteiger partial charge in [0, 0.05) is 12.7 Å². The Hall–Kier alpha value is -2.63. The Kier molecular flexibility index (Phi) is 4.93. The first-order chi connectivity index (χ1) is 11.7. The third kappa shape index (κ3) is 3.48. The number of hydrogen-bond acceptors (Lipinski definition) is 4. The van der Waals surface area contributed by atoms with Crippen molar-refractivity contribution in [1.82, 2.24) is 14.7 Å². The van der Waals surface area contributed by atoms with Gasteiger partial charge >= 0.3 is 5.97 Å². The van der Waals surface area contributed by atoms with Crippen molar-refractivity contribution in [2.45, 2.75) is 31.7 Å². The number of para-hydroxylation sites is 1. The minimum absolute atomic E-state index is 0.0577. The number of likely N-dealkylation sites (tertiary alicyclic amines) is 1. The minimum Gasteiger partial charge on any atom is -0.467 e. The van der Waals surface area contributed by atoms with E-state index in [2.05, 4.69) is 5.10 Å². The van der Waals surface area contributed by atoms with Crippen LogP contribution in [0, 0.1) is 0 Å². The number of piperidine rings is 1. The summed E-state index contributed by atoms with van der Waals surface area (Å²) >= 11 is 0. The van der Waals surface area contributed by atoms with Gasteiger partial charge in [-0.25, -0.2) is 9.48 Å². The average Bonchev–Trinajstić information content (AvgIpc) is 3.10. The van der Waals surface area contributed by atoms with Crippen LogP contribution in [0.2, 0.25) is 0 Å². The highest BCUT2D eigenvalue weighted by Crippen LogP contribution is 2.19. The summed E-state index contributed by atoms with van der Waals surface area (Å²) in [6.07, 6.45) is 6.31. The summed E-state index contributed by atoms with van der Waals surface area (Å²) in [5, 5.41) is 4.31. The normalized spacial score (nSPS) is 17.5. The zero-order valence-electron chi connectivity index (χ0n) is 13.7. The highest BCUT2D eigenvalue weighted by Gasteiger charge is 2.32. The molecule has 1 aromatic carbocycles. The fourth-order valence-electron chi connectivity index (χ4n) is 3.06. The van der Waals surface area contributed by atoms with Gasteiger partial charge in [-0.15, -0.1) is 0 Å². The van der Waals surface area contributed by atoms with E-state index < -0.39 is 6.04 Å². The molecule has 2 heterocycles. The highest BCUT2D eigenvalue weighted by atomic mass is 16.5. The van der Waals surface area contributed by atoms with Crippen LogP contribution < -0.4 is 0 Å². The lowest BCUT2D eigenvalue weighted by molar-refractivity contribution is -0.154. The monoisotopic (exact) mass is 327 g/mol. The van der Waals surface area contributed by atoms with Crippen molar-refractivity contribution in [3.63, 3.8) is 0 Å². The molecular formula is C18H21N3O3. The first-order valence-corrected chi connectivity index (χ1v) is 8.15. The van der Waals surface area contributed by atoms with Gasteiger partial charge in [0.2, 0.25) is 5.91 Å². The number of hydrogen-bond donors (Lipinski definition) is 0. The van der Waals surface area contributed by atoms with Crippen LogP contribution in [-0.4, -0.2) is 46.3 Å². The molecule has 1 fully saturated rings. The first kappa shape index (κ1) is 16.2. The van der Waals surface area contributed by atoms with Gasteiger partial charge in [-0.1, -0.05) is 18.2 Å². The second kappa shape index (κ2) is 7.29. The van der Waals surface area contributed by atoms with Crippen LogP contribution >= 0.6 is 0 Å². The number of rotatable bonds is 4. The molecule has 0 aliphatic carbocycles. The molecule has 0 saturated carbocycles. The van der Waals surface area contributed by atoms with Crippen LogP contribution in [0.4, 0.5) is 0 Å². The molecule has 24 heavy (non-hydrogen) atoms. The number of amides is 1. The number of benzene rings is 1. The highest BCUT2D eigenvalue weighted by molar-refractivity contribution is 5.85. The fraction of sp³-hybridized carbons (Fsp3) is 0.389. The van der Waals surface area contributed by atoms with Gasteiger partial charge in [-0.05, 0) is 37.0 Å². The van der Waals surface area contributed by atoms with Crippen molar-refractivity contribution in [3.05, 3.63) is 48.3 Å².